The average molecular weight is 262 g/mol. The third kappa shape index (κ3) is 3.78. The van der Waals surface area contributed by atoms with E-state index in [4.69, 9.17) is 0 Å². The van der Waals surface area contributed by atoms with Gasteiger partial charge in [-0.05, 0) is 37.4 Å². The molecule has 1 amide bonds. The van der Waals surface area contributed by atoms with Crippen LogP contribution in [0.25, 0.3) is 0 Å². The molecule has 1 saturated heterocycles. The van der Waals surface area contributed by atoms with Crippen molar-refractivity contribution in [3.05, 3.63) is 35.4 Å². The number of carbonyl (C=O) groups excluding carboxylic acids is 1. The van der Waals surface area contributed by atoms with Crippen molar-refractivity contribution < 1.29 is 9.90 Å². The van der Waals surface area contributed by atoms with Crippen LogP contribution in [0.15, 0.2) is 24.3 Å². The van der Waals surface area contributed by atoms with Gasteiger partial charge in [0.15, 0.2) is 0 Å². The predicted octanol–water partition coefficient (Wildman–Crippen LogP) is 1.14. The van der Waals surface area contributed by atoms with Crippen LogP contribution in [0.1, 0.15) is 30.1 Å². The van der Waals surface area contributed by atoms with Crippen molar-refractivity contribution in [2.45, 2.75) is 25.9 Å². The Balaban J connectivity index is 1.84. The number of piperidine rings is 1. The fraction of sp³-hybridized carbons (Fsp3) is 0.533. The lowest BCUT2D eigenvalue weighted by molar-refractivity contribution is -0.125. The highest BCUT2D eigenvalue weighted by Crippen LogP contribution is 2.17. The van der Waals surface area contributed by atoms with E-state index in [1.165, 1.54) is 0 Å². The van der Waals surface area contributed by atoms with E-state index in [2.05, 4.69) is 10.6 Å². The Bertz CT molecular complexity index is 428. The highest BCUT2D eigenvalue weighted by molar-refractivity contribution is 5.79. The maximum atomic E-state index is 12.0. The molecule has 0 aliphatic carbocycles. The minimum atomic E-state index is -0.637. The Hall–Kier alpha value is -1.39. The molecule has 4 nitrogen and oxygen atoms in total. The van der Waals surface area contributed by atoms with Gasteiger partial charge in [0.2, 0.25) is 5.91 Å². The number of aliphatic hydroxyl groups is 1. The average Bonchev–Trinajstić information content (AvgIpc) is 2.46. The van der Waals surface area contributed by atoms with Gasteiger partial charge in [-0.2, -0.15) is 0 Å². The first-order valence-electron chi connectivity index (χ1n) is 6.90. The summed E-state index contributed by atoms with van der Waals surface area (Å²) in [6, 6.07) is 7.70. The monoisotopic (exact) mass is 262 g/mol. The van der Waals surface area contributed by atoms with Gasteiger partial charge in [-0.3, -0.25) is 4.79 Å². The van der Waals surface area contributed by atoms with E-state index in [9.17, 15) is 9.90 Å². The number of nitrogens with one attached hydrogen (secondary N) is 2. The van der Waals surface area contributed by atoms with Gasteiger partial charge in [-0.15, -0.1) is 0 Å². The normalized spacial score (nSPS) is 20.8. The summed E-state index contributed by atoms with van der Waals surface area (Å²) < 4.78 is 0. The zero-order valence-electron chi connectivity index (χ0n) is 11.4. The molecule has 0 spiro atoms. The zero-order valence-corrected chi connectivity index (χ0v) is 11.4. The van der Waals surface area contributed by atoms with Gasteiger partial charge in [-0.1, -0.05) is 24.3 Å². The predicted molar refractivity (Wildman–Crippen MR) is 74.7 cm³/mol. The first-order chi connectivity index (χ1) is 9.18. The maximum Gasteiger partial charge on any atom is 0.224 e. The quantitative estimate of drug-likeness (QED) is 0.762. The summed E-state index contributed by atoms with van der Waals surface area (Å²) >= 11 is 0. The van der Waals surface area contributed by atoms with Gasteiger partial charge in [-0.25, -0.2) is 0 Å². The Morgan fingerprint density at radius 3 is 3.00 bits per heavy atom. The number of benzene rings is 1. The molecule has 1 fully saturated rings. The molecule has 0 bridgehead atoms. The van der Waals surface area contributed by atoms with Crippen LogP contribution in [-0.2, 0) is 4.79 Å². The molecule has 0 aromatic heterocycles. The van der Waals surface area contributed by atoms with E-state index in [1.54, 1.807) is 0 Å². The van der Waals surface area contributed by atoms with Crippen molar-refractivity contribution in [2.24, 2.45) is 5.92 Å². The van der Waals surface area contributed by atoms with Crippen molar-refractivity contribution in [1.29, 1.82) is 0 Å². The number of carbonyl (C=O) groups is 1. The highest BCUT2D eigenvalue weighted by atomic mass is 16.3. The van der Waals surface area contributed by atoms with Gasteiger partial charge in [0.25, 0.3) is 0 Å². The van der Waals surface area contributed by atoms with Crippen LogP contribution in [-0.4, -0.2) is 30.6 Å². The van der Waals surface area contributed by atoms with Gasteiger partial charge in [0.1, 0.15) is 0 Å². The summed E-state index contributed by atoms with van der Waals surface area (Å²) in [6.45, 7) is 3.98. The molecular formula is C15H22N2O2. The molecule has 104 valence electrons. The summed E-state index contributed by atoms with van der Waals surface area (Å²) in [7, 11) is 0. The molecule has 1 aromatic carbocycles. The molecule has 1 heterocycles. The van der Waals surface area contributed by atoms with Crippen molar-refractivity contribution in [3.63, 3.8) is 0 Å². The van der Waals surface area contributed by atoms with E-state index in [0.717, 1.165) is 37.1 Å². The standard InChI is InChI=1S/C15H22N2O2/c1-11-5-2-3-7-13(11)14(18)10-17-15(19)12-6-4-8-16-9-12/h2-3,5,7,12,14,16,18H,4,6,8-10H2,1H3,(H,17,19)/t12-,14+/m1/s1. The molecule has 3 N–H and O–H groups in total. The van der Waals surface area contributed by atoms with Gasteiger partial charge >= 0.3 is 0 Å². The minimum Gasteiger partial charge on any atom is -0.387 e. The lowest BCUT2D eigenvalue weighted by atomic mass is 9.98. The number of rotatable bonds is 4. The topological polar surface area (TPSA) is 61.4 Å². The third-order valence-electron chi connectivity index (χ3n) is 3.68. The van der Waals surface area contributed by atoms with E-state index in [0.29, 0.717) is 0 Å². The van der Waals surface area contributed by atoms with Crippen molar-refractivity contribution in [2.75, 3.05) is 19.6 Å². The molecule has 2 atom stereocenters. The second-order valence-electron chi connectivity index (χ2n) is 5.16. The minimum absolute atomic E-state index is 0.0396. The first-order valence-corrected chi connectivity index (χ1v) is 6.90. The number of hydrogen-bond donors (Lipinski definition) is 3. The number of hydrogen-bond acceptors (Lipinski definition) is 3. The third-order valence-corrected chi connectivity index (χ3v) is 3.68. The number of amides is 1. The van der Waals surface area contributed by atoms with E-state index >= 15 is 0 Å². The summed E-state index contributed by atoms with van der Waals surface area (Å²) in [5.74, 6) is 0.0812. The van der Waals surface area contributed by atoms with Crippen LogP contribution >= 0.6 is 0 Å². The first kappa shape index (κ1) is 14.0. The second kappa shape index (κ2) is 6.68. The Labute approximate surface area is 114 Å². The Morgan fingerprint density at radius 2 is 2.32 bits per heavy atom. The molecule has 0 radical (unpaired) electrons. The number of aryl methyl sites for hydroxylation is 1. The van der Waals surface area contributed by atoms with Gasteiger partial charge in [0.05, 0.1) is 12.0 Å². The van der Waals surface area contributed by atoms with Crippen molar-refractivity contribution >= 4 is 5.91 Å². The molecule has 1 aliphatic heterocycles. The summed E-state index contributed by atoms with van der Waals surface area (Å²) in [4.78, 5) is 12.0. The molecule has 2 rings (SSSR count). The molecule has 0 unspecified atom stereocenters. The Morgan fingerprint density at radius 1 is 1.53 bits per heavy atom. The zero-order chi connectivity index (χ0) is 13.7. The molecule has 0 saturated carbocycles. The molecule has 19 heavy (non-hydrogen) atoms. The molecule has 4 heteroatoms. The van der Waals surface area contributed by atoms with Gasteiger partial charge < -0.3 is 15.7 Å². The highest BCUT2D eigenvalue weighted by Gasteiger charge is 2.21. The molecule has 1 aromatic rings. The SMILES string of the molecule is Cc1ccccc1[C@@H](O)CNC(=O)[C@@H]1CCCNC1. The summed E-state index contributed by atoms with van der Waals surface area (Å²) in [5.41, 5.74) is 1.92. The van der Waals surface area contributed by atoms with Crippen LogP contribution < -0.4 is 10.6 Å². The summed E-state index contributed by atoms with van der Waals surface area (Å²) in [5, 5.41) is 16.2. The van der Waals surface area contributed by atoms with E-state index < -0.39 is 6.10 Å². The summed E-state index contributed by atoms with van der Waals surface area (Å²) in [6.07, 6.45) is 1.33. The van der Waals surface area contributed by atoms with Crippen LogP contribution in [0.5, 0.6) is 0 Å². The number of aliphatic hydroxyl groups excluding tert-OH is 1. The van der Waals surface area contributed by atoms with Crippen molar-refractivity contribution in [3.8, 4) is 0 Å². The van der Waals surface area contributed by atoms with E-state index in [-0.39, 0.29) is 18.4 Å². The second-order valence-corrected chi connectivity index (χ2v) is 5.16. The van der Waals surface area contributed by atoms with Crippen LogP contribution in [0, 0.1) is 12.8 Å². The molecular weight excluding hydrogens is 240 g/mol. The van der Waals surface area contributed by atoms with Crippen LogP contribution in [0.2, 0.25) is 0 Å². The lowest BCUT2D eigenvalue weighted by Gasteiger charge is -2.23. The van der Waals surface area contributed by atoms with Crippen LogP contribution in [0.4, 0.5) is 0 Å². The lowest BCUT2D eigenvalue weighted by Crippen LogP contribution is -2.41. The van der Waals surface area contributed by atoms with Gasteiger partial charge in [0, 0.05) is 13.1 Å². The van der Waals surface area contributed by atoms with Crippen LogP contribution in [0.3, 0.4) is 0 Å². The molecule has 1 aliphatic rings. The largest absolute Gasteiger partial charge is 0.387 e. The maximum absolute atomic E-state index is 12.0. The smallest absolute Gasteiger partial charge is 0.224 e. The van der Waals surface area contributed by atoms with E-state index in [1.807, 2.05) is 31.2 Å². The fourth-order valence-electron chi connectivity index (χ4n) is 2.49. The Kier molecular flexibility index (Phi) is 4.93. The fourth-order valence-corrected chi connectivity index (χ4v) is 2.49. The van der Waals surface area contributed by atoms with Crippen molar-refractivity contribution in [1.82, 2.24) is 10.6 Å².